The normalized spacial score (nSPS) is 11.0. The summed E-state index contributed by atoms with van der Waals surface area (Å²) in [5.41, 5.74) is 1.08. The van der Waals surface area contributed by atoms with Crippen LogP contribution in [0.4, 0.5) is 0 Å². The first-order chi connectivity index (χ1) is 9.65. The molecule has 0 atom stereocenters. The Labute approximate surface area is 128 Å². The second-order valence-corrected chi connectivity index (χ2v) is 6.06. The highest BCUT2D eigenvalue weighted by Crippen LogP contribution is 2.20. The third-order valence-corrected chi connectivity index (χ3v) is 3.36. The third-order valence-electron chi connectivity index (χ3n) is 2.87. The second-order valence-electron chi connectivity index (χ2n) is 5.14. The van der Waals surface area contributed by atoms with Gasteiger partial charge >= 0.3 is 0 Å². The standard InChI is InChI=1S/C16H20BrNO2/c1-12(2)9-18-10-16-13(6-7-19-16)11-20-15-5-3-4-14(17)8-15/h3-8,12,18H,9-11H2,1-2H3. The van der Waals surface area contributed by atoms with Gasteiger partial charge in [0.25, 0.3) is 0 Å². The Morgan fingerprint density at radius 1 is 1.30 bits per heavy atom. The summed E-state index contributed by atoms with van der Waals surface area (Å²) in [4.78, 5) is 0. The van der Waals surface area contributed by atoms with Crippen LogP contribution in [0.1, 0.15) is 25.2 Å². The molecule has 4 heteroatoms. The maximum atomic E-state index is 5.78. The summed E-state index contributed by atoms with van der Waals surface area (Å²) in [6, 6.07) is 9.80. The van der Waals surface area contributed by atoms with Gasteiger partial charge in [-0.3, -0.25) is 0 Å². The van der Waals surface area contributed by atoms with E-state index < -0.39 is 0 Å². The smallest absolute Gasteiger partial charge is 0.124 e. The van der Waals surface area contributed by atoms with Crippen LogP contribution in [0.2, 0.25) is 0 Å². The van der Waals surface area contributed by atoms with Crippen LogP contribution in [0.5, 0.6) is 5.75 Å². The van der Waals surface area contributed by atoms with Gasteiger partial charge in [0.05, 0.1) is 12.8 Å². The SMILES string of the molecule is CC(C)CNCc1occc1COc1cccc(Br)c1. The lowest BCUT2D eigenvalue weighted by molar-refractivity contribution is 0.301. The quantitative estimate of drug-likeness (QED) is 0.814. The number of benzene rings is 1. The first-order valence-electron chi connectivity index (χ1n) is 6.79. The Kier molecular flexibility index (Phi) is 5.68. The molecular formula is C16H20BrNO2. The number of hydrogen-bond donors (Lipinski definition) is 1. The van der Waals surface area contributed by atoms with Crippen LogP contribution < -0.4 is 10.1 Å². The molecule has 2 aromatic rings. The van der Waals surface area contributed by atoms with Crippen molar-refractivity contribution in [3.05, 3.63) is 52.4 Å². The average molecular weight is 338 g/mol. The molecule has 2 rings (SSSR count). The van der Waals surface area contributed by atoms with E-state index in [9.17, 15) is 0 Å². The van der Waals surface area contributed by atoms with E-state index in [2.05, 4.69) is 35.1 Å². The molecule has 0 saturated carbocycles. The van der Waals surface area contributed by atoms with Gasteiger partial charge in [-0.05, 0) is 36.7 Å². The summed E-state index contributed by atoms with van der Waals surface area (Å²) in [5.74, 6) is 2.42. The fourth-order valence-electron chi connectivity index (χ4n) is 1.84. The van der Waals surface area contributed by atoms with Crippen molar-refractivity contribution in [2.24, 2.45) is 5.92 Å². The molecule has 0 unspecified atom stereocenters. The molecule has 0 aliphatic rings. The molecule has 20 heavy (non-hydrogen) atoms. The molecule has 1 N–H and O–H groups in total. The van der Waals surface area contributed by atoms with Crippen molar-refractivity contribution in [1.82, 2.24) is 5.32 Å². The molecular weight excluding hydrogens is 318 g/mol. The molecule has 1 aromatic heterocycles. The van der Waals surface area contributed by atoms with Crippen LogP contribution in [0.3, 0.4) is 0 Å². The molecule has 0 aliphatic carbocycles. The number of ether oxygens (including phenoxy) is 1. The highest BCUT2D eigenvalue weighted by molar-refractivity contribution is 9.10. The van der Waals surface area contributed by atoms with Gasteiger partial charge in [-0.25, -0.2) is 0 Å². The minimum atomic E-state index is 0.519. The predicted octanol–water partition coefficient (Wildman–Crippen LogP) is 4.37. The van der Waals surface area contributed by atoms with Crippen LogP contribution in [0, 0.1) is 5.92 Å². The van der Waals surface area contributed by atoms with Gasteiger partial charge in [0, 0.05) is 10.0 Å². The molecule has 0 aliphatic heterocycles. The molecule has 0 spiro atoms. The molecule has 1 aromatic carbocycles. The summed E-state index contributed by atoms with van der Waals surface area (Å²) >= 11 is 3.43. The fourth-order valence-corrected chi connectivity index (χ4v) is 2.22. The van der Waals surface area contributed by atoms with E-state index in [4.69, 9.17) is 9.15 Å². The lowest BCUT2D eigenvalue weighted by Gasteiger charge is -2.09. The summed E-state index contributed by atoms with van der Waals surface area (Å²) in [6.45, 7) is 6.61. The zero-order valence-electron chi connectivity index (χ0n) is 11.9. The van der Waals surface area contributed by atoms with Gasteiger partial charge in [-0.15, -0.1) is 0 Å². The molecule has 0 radical (unpaired) electrons. The third kappa shape index (κ3) is 4.69. The van der Waals surface area contributed by atoms with E-state index in [-0.39, 0.29) is 0 Å². The largest absolute Gasteiger partial charge is 0.489 e. The summed E-state index contributed by atoms with van der Waals surface area (Å²) in [7, 11) is 0. The van der Waals surface area contributed by atoms with Crippen molar-refractivity contribution in [2.45, 2.75) is 27.0 Å². The molecule has 0 amide bonds. The van der Waals surface area contributed by atoms with Crippen molar-refractivity contribution < 1.29 is 9.15 Å². The Bertz CT molecular complexity index is 537. The van der Waals surface area contributed by atoms with Crippen LogP contribution in [0.15, 0.2) is 45.5 Å². The van der Waals surface area contributed by atoms with Gasteiger partial charge in [0.2, 0.25) is 0 Å². The van der Waals surface area contributed by atoms with Gasteiger partial charge in [-0.2, -0.15) is 0 Å². The maximum absolute atomic E-state index is 5.78. The Morgan fingerprint density at radius 3 is 2.90 bits per heavy atom. The highest BCUT2D eigenvalue weighted by Gasteiger charge is 2.07. The van der Waals surface area contributed by atoms with Crippen LogP contribution in [0.25, 0.3) is 0 Å². The second kappa shape index (κ2) is 7.50. The van der Waals surface area contributed by atoms with Crippen LogP contribution in [-0.2, 0) is 13.2 Å². The number of rotatable bonds is 7. The number of nitrogens with one attached hydrogen (secondary N) is 1. The van der Waals surface area contributed by atoms with Crippen LogP contribution in [-0.4, -0.2) is 6.54 Å². The van der Waals surface area contributed by atoms with Gasteiger partial charge < -0.3 is 14.5 Å². The lowest BCUT2D eigenvalue weighted by atomic mass is 10.2. The highest BCUT2D eigenvalue weighted by atomic mass is 79.9. The molecule has 1 heterocycles. The van der Waals surface area contributed by atoms with Crippen LogP contribution >= 0.6 is 15.9 Å². The molecule has 0 saturated heterocycles. The molecule has 0 fully saturated rings. The Morgan fingerprint density at radius 2 is 2.15 bits per heavy atom. The molecule has 3 nitrogen and oxygen atoms in total. The lowest BCUT2D eigenvalue weighted by Crippen LogP contribution is -2.19. The van der Waals surface area contributed by atoms with E-state index in [0.29, 0.717) is 12.5 Å². The van der Waals surface area contributed by atoms with E-state index in [0.717, 1.165) is 34.6 Å². The van der Waals surface area contributed by atoms with E-state index in [1.807, 2.05) is 30.3 Å². The zero-order chi connectivity index (χ0) is 14.4. The van der Waals surface area contributed by atoms with E-state index >= 15 is 0 Å². The van der Waals surface area contributed by atoms with Crippen molar-refractivity contribution >= 4 is 15.9 Å². The summed E-state index contributed by atoms with van der Waals surface area (Å²) < 4.78 is 12.3. The fraction of sp³-hybridized carbons (Fsp3) is 0.375. The van der Waals surface area contributed by atoms with E-state index in [1.165, 1.54) is 0 Å². The molecule has 108 valence electrons. The van der Waals surface area contributed by atoms with Crippen molar-refractivity contribution in [1.29, 1.82) is 0 Å². The molecule has 0 bridgehead atoms. The Balaban J connectivity index is 1.88. The topological polar surface area (TPSA) is 34.4 Å². The average Bonchev–Trinajstić information content (AvgIpc) is 2.84. The first-order valence-corrected chi connectivity index (χ1v) is 7.59. The predicted molar refractivity (Wildman–Crippen MR) is 83.7 cm³/mol. The monoisotopic (exact) mass is 337 g/mol. The van der Waals surface area contributed by atoms with Gasteiger partial charge in [0.1, 0.15) is 18.1 Å². The zero-order valence-corrected chi connectivity index (χ0v) is 13.4. The minimum absolute atomic E-state index is 0.519. The number of hydrogen-bond acceptors (Lipinski definition) is 3. The maximum Gasteiger partial charge on any atom is 0.124 e. The van der Waals surface area contributed by atoms with Crippen molar-refractivity contribution in [3.8, 4) is 5.75 Å². The van der Waals surface area contributed by atoms with Gasteiger partial charge in [-0.1, -0.05) is 35.8 Å². The Hall–Kier alpha value is -1.26. The van der Waals surface area contributed by atoms with Crippen molar-refractivity contribution in [3.63, 3.8) is 0 Å². The van der Waals surface area contributed by atoms with Gasteiger partial charge in [0.15, 0.2) is 0 Å². The minimum Gasteiger partial charge on any atom is -0.489 e. The number of halogens is 1. The summed E-state index contributed by atoms with van der Waals surface area (Å²) in [6.07, 6.45) is 1.71. The number of furan rings is 1. The summed E-state index contributed by atoms with van der Waals surface area (Å²) in [5, 5.41) is 3.38. The van der Waals surface area contributed by atoms with Crippen molar-refractivity contribution in [2.75, 3.05) is 6.54 Å². The first kappa shape index (κ1) is 15.1. The van der Waals surface area contributed by atoms with E-state index in [1.54, 1.807) is 6.26 Å².